The van der Waals surface area contributed by atoms with Crippen LogP contribution in [0.5, 0.6) is 0 Å². The van der Waals surface area contributed by atoms with E-state index in [1.807, 2.05) is 30.6 Å². The summed E-state index contributed by atoms with van der Waals surface area (Å²) in [7, 11) is 0. The van der Waals surface area contributed by atoms with Gasteiger partial charge in [-0.25, -0.2) is 0 Å². The molecule has 0 aromatic rings. The normalized spacial score (nSPS) is 19.4. The summed E-state index contributed by atoms with van der Waals surface area (Å²) in [6.45, 7) is 0. The summed E-state index contributed by atoms with van der Waals surface area (Å²) in [5.41, 5.74) is 2.22. The predicted octanol–water partition coefficient (Wildman–Crippen LogP) is 4.18. The Labute approximate surface area is 115 Å². The zero-order valence-electron chi connectivity index (χ0n) is 11.1. The van der Waals surface area contributed by atoms with E-state index in [0.29, 0.717) is 0 Å². The first-order valence-electron chi connectivity index (χ1n) is 6.81. The van der Waals surface area contributed by atoms with Crippen molar-refractivity contribution >= 4 is 6.21 Å². The predicted molar refractivity (Wildman–Crippen MR) is 82.8 cm³/mol. The number of nitrogens with one attached hydrogen (secondary N) is 1. The van der Waals surface area contributed by atoms with E-state index < -0.39 is 0 Å². The fraction of sp³-hybridized carbons (Fsp3) is 0.235. The van der Waals surface area contributed by atoms with Gasteiger partial charge in [0.05, 0.1) is 5.70 Å². The number of aliphatic imine (C=N–C) groups is 1. The Balaban J connectivity index is 1.69. The van der Waals surface area contributed by atoms with Crippen LogP contribution in [-0.4, -0.2) is 6.21 Å². The monoisotopic (exact) mass is 252 g/mol. The molecule has 2 aliphatic rings. The molecule has 98 valence electrons. The summed E-state index contributed by atoms with van der Waals surface area (Å²) in [6, 6.07) is 0. The Hall–Kier alpha value is -2.09. The maximum atomic E-state index is 4.36. The van der Waals surface area contributed by atoms with Crippen LogP contribution in [0.4, 0.5) is 0 Å². The van der Waals surface area contributed by atoms with Crippen LogP contribution in [0, 0.1) is 0 Å². The zero-order chi connectivity index (χ0) is 13.2. The first kappa shape index (κ1) is 13.3. The van der Waals surface area contributed by atoms with E-state index >= 15 is 0 Å². The summed E-state index contributed by atoms with van der Waals surface area (Å²) >= 11 is 0. The van der Waals surface area contributed by atoms with Crippen molar-refractivity contribution in [2.24, 2.45) is 4.99 Å². The van der Waals surface area contributed by atoms with Gasteiger partial charge in [0.25, 0.3) is 0 Å². The van der Waals surface area contributed by atoms with E-state index in [1.165, 1.54) is 5.70 Å². The highest BCUT2D eigenvalue weighted by Gasteiger charge is 1.92. The standard InChI is InChI=1S/C17H20N2/c1-4-10-16(11-5-1)18-14-8-3-9-15-19-17-12-6-2-7-13-17/h3-4,6,8-15,18H,1-2,5,7H2/b9-3+,14-8+,19-15?. The van der Waals surface area contributed by atoms with Gasteiger partial charge in [-0.3, -0.25) is 4.99 Å². The minimum atomic E-state index is 1.05. The van der Waals surface area contributed by atoms with Crippen LogP contribution in [0.1, 0.15) is 25.7 Å². The molecule has 0 heterocycles. The molecule has 0 bridgehead atoms. The van der Waals surface area contributed by atoms with Crippen molar-refractivity contribution in [1.82, 2.24) is 5.32 Å². The van der Waals surface area contributed by atoms with Gasteiger partial charge in [0.15, 0.2) is 0 Å². The Morgan fingerprint density at radius 1 is 0.895 bits per heavy atom. The second-order valence-corrected chi connectivity index (χ2v) is 4.41. The minimum Gasteiger partial charge on any atom is -0.362 e. The third kappa shape index (κ3) is 5.38. The lowest BCUT2D eigenvalue weighted by molar-refractivity contribution is 0.969. The van der Waals surface area contributed by atoms with Crippen molar-refractivity contribution in [3.8, 4) is 0 Å². The molecule has 0 aromatic heterocycles. The fourth-order valence-corrected chi connectivity index (χ4v) is 1.86. The number of nitrogens with zero attached hydrogens (tertiary/aromatic N) is 1. The van der Waals surface area contributed by atoms with Gasteiger partial charge in [-0.2, -0.15) is 0 Å². The maximum Gasteiger partial charge on any atom is 0.0586 e. The van der Waals surface area contributed by atoms with Crippen LogP contribution in [0.3, 0.4) is 0 Å². The molecule has 2 aliphatic carbocycles. The molecule has 0 spiro atoms. The van der Waals surface area contributed by atoms with Crippen LogP contribution in [0.25, 0.3) is 0 Å². The largest absolute Gasteiger partial charge is 0.362 e. The highest BCUT2D eigenvalue weighted by molar-refractivity contribution is 5.73. The molecule has 0 amide bonds. The molecule has 0 atom stereocenters. The van der Waals surface area contributed by atoms with Crippen molar-refractivity contribution in [1.29, 1.82) is 0 Å². The van der Waals surface area contributed by atoms with Gasteiger partial charge in [-0.15, -0.1) is 0 Å². The van der Waals surface area contributed by atoms with E-state index in [9.17, 15) is 0 Å². The summed E-state index contributed by atoms with van der Waals surface area (Å²) in [6.07, 6.45) is 27.0. The average Bonchev–Trinajstić information content (AvgIpc) is 2.48. The molecular weight excluding hydrogens is 232 g/mol. The van der Waals surface area contributed by atoms with Gasteiger partial charge < -0.3 is 5.32 Å². The summed E-state index contributed by atoms with van der Waals surface area (Å²) in [4.78, 5) is 4.36. The number of allylic oxidation sites excluding steroid dienone is 9. The first-order chi connectivity index (χ1) is 9.45. The molecule has 0 radical (unpaired) electrons. The highest BCUT2D eigenvalue weighted by atomic mass is 14.8. The van der Waals surface area contributed by atoms with E-state index in [1.54, 1.807) is 0 Å². The second kappa shape index (κ2) is 8.09. The smallest absolute Gasteiger partial charge is 0.0586 e. The number of hydrogen-bond donors (Lipinski definition) is 1. The van der Waals surface area contributed by atoms with E-state index in [-0.39, 0.29) is 0 Å². The van der Waals surface area contributed by atoms with Crippen LogP contribution in [-0.2, 0) is 0 Å². The number of hydrogen-bond acceptors (Lipinski definition) is 2. The molecule has 0 fully saturated rings. The van der Waals surface area contributed by atoms with Crippen LogP contribution in [0.15, 0.2) is 77.3 Å². The third-order valence-electron chi connectivity index (χ3n) is 2.85. The average molecular weight is 252 g/mol. The van der Waals surface area contributed by atoms with Crippen molar-refractivity contribution in [2.75, 3.05) is 0 Å². The van der Waals surface area contributed by atoms with Crippen LogP contribution in [0.2, 0.25) is 0 Å². The minimum absolute atomic E-state index is 1.05. The fourth-order valence-electron chi connectivity index (χ4n) is 1.86. The Bertz CT molecular complexity index is 485. The lowest BCUT2D eigenvalue weighted by Crippen LogP contribution is -2.03. The van der Waals surface area contributed by atoms with Gasteiger partial charge >= 0.3 is 0 Å². The zero-order valence-corrected chi connectivity index (χ0v) is 11.1. The lowest BCUT2D eigenvalue weighted by atomic mass is 10.1. The Morgan fingerprint density at radius 2 is 1.74 bits per heavy atom. The Kier molecular flexibility index (Phi) is 5.68. The van der Waals surface area contributed by atoms with Gasteiger partial charge in [0, 0.05) is 18.1 Å². The van der Waals surface area contributed by atoms with Crippen molar-refractivity contribution < 1.29 is 0 Å². The topological polar surface area (TPSA) is 24.4 Å². The molecule has 0 saturated carbocycles. The van der Waals surface area contributed by atoms with E-state index in [0.717, 1.165) is 31.4 Å². The molecule has 2 rings (SSSR count). The second-order valence-electron chi connectivity index (χ2n) is 4.41. The van der Waals surface area contributed by atoms with E-state index in [2.05, 4.69) is 46.8 Å². The van der Waals surface area contributed by atoms with Crippen molar-refractivity contribution in [3.05, 3.63) is 72.3 Å². The summed E-state index contributed by atoms with van der Waals surface area (Å²) < 4.78 is 0. The molecule has 0 unspecified atom stereocenters. The SMILES string of the molecule is C1=CC(N=C/C=C/C=C/NC2=CCCC=C2)=CCC1. The Morgan fingerprint density at radius 3 is 2.47 bits per heavy atom. The van der Waals surface area contributed by atoms with Crippen LogP contribution < -0.4 is 5.32 Å². The summed E-state index contributed by atoms with van der Waals surface area (Å²) in [5, 5.41) is 3.24. The van der Waals surface area contributed by atoms with Gasteiger partial charge in [0.2, 0.25) is 0 Å². The molecule has 19 heavy (non-hydrogen) atoms. The maximum absolute atomic E-state index is 4.36. The molecular formula is C17H20N2. The quantitative estimate of drug-likeness (QED) is 0.576. The molecule has 0 saturated heterocycles. The number of rotatable bonds is 5. The first-order valence-corrected chi connectivity index (χ1v) is 6.81. The molecule has 0 aromatic carbocycles. The van der Waals surface area contributed by atoms with E-state index in [4.69, 9.17) is 0 Å². The molecule has 2 heteroatoms. The summed E-state index contributed by atoms with van der Waals surface area (Å²) in [5.74, 6) is 0. The molecule has 0 aliphatic heterocycles. The van der Waals surface area contributed by atoms with Crippen molar-refractivity contribution in [2.45, 2.75) is 25.7 Å². The molecule has 2 nitrogen and oxygen atoms in total. The highest BCUT2D eigenvalue weighted by Crippen LogP contribution is 2.09. The molecule has 1 N–H and O–H groups in total. The van der Waals surface area contributed by atoms with Gasteiger partial charge in [-0.05, 0) is 50.0 Å². The van der Waals surface area contributed by atoms with Gasteiger partial charge in [-0.1, -0.05) is 30.4 Å². The van der Waals surface area contributed by atoms with Gasteiger partial charge in [0.1, 0.15) is 0 Å². The lowest BCUT2D eigenvalue weighted by Gasteiger charge is -2.04. The van der Waals surface area contributed by atoms with Crippen molar-refractivity contribution in [3.63, 3.8) is 0 Å². The van der Waals surface area contributed by atoms with Crippen LogP contribution >= 0.6 is 0 Å². The third-order valence-corrected chi connectivity index (χ3v) is 2.85.